The van der Waals surface area contributed by atoms with Gasteiger partial charge in [-0.2, -0.15) is 0 Å². The Morgan fingerprint density at radius 2 is 0.957 bits per heavy atom. The maximum atomic E-state index is 7.16. The fourth-order valence-electron chi connectivity index (χ4n) is 7.04. The normalized spacial score (nSPS) is 16.6. The Morgan fingerprint density at radius 1 is 0.543 bits per heavy atom. The molecule has 0 amide bonds. The maximum absolute atomic E-state index is 7.16. The van der Waals surface area contributed by atoms with Gasteiger partial charge in [0.15, 0.2) is 0 Å². The van der Waals surface area contributed by atoms with Crippen molar-refractivity contribution < 1.29 is 14.2 Å². The maximum Gasteiger partial charge on any atom is 0.143 e. The van der Waals surface area contributed by atoms with Gasteiger partial charge < -0.3 is 14.2 Å². The molecule has 0 aromatic heterocycles. The van der Waals surface area contributed by atoms with Gasteiger partial charge in [-0.3, -0.25) is 0 Å². The number of benzene rings is 3. The number of ether oxygens (including phenoxy) is 3. The molecule has 3 aromatic carbocycles. The van der Waals surface area contributed by atoms with Crippen LogP contribution in [0, 0.1) is 0 Å². The van der Waals surface area contributed by atoms with Crippen molar-refractivity contribution >= 4 is 0 Å². The Balaban J connectivity index is 1.18. The highest BCUT2D eigenvalue weighted by atomic mass is 16.6. The van der Waals surface area contributed by atoms with E-state index in [1.807, 2.05) is 0 Å². The molecular weight excluding hydrogens is 564 g/mol. The van der Waals surface area contributed by atoms with Crippen molar-refractivity contribution in [2.45, 2.75) is 134 Å². The third kappa shape index (κ3) is 11.7. The molecule has 0 N–H and O–H groups in total. The van der Waals surface area contributed by atoms with E-state index in [1.165, 1.54) is 96.3 Å². The van der Waals surface area contributed by atoms with Crippen LogP contribution in [-0.2, 0) is 19.8 Å². The minimum atomic E-state index is -0.739. The molecule has 1 saturated heterocycles. The molecule has 1 unspecified atom stereocenters. The summed E-state index contributed by atoms with van der Waals surface area (Å²) in [5.74, 6) is 0. The van der Waals surface area contributed by atoms with Gasteiger partial charge in [0.05, 0.1) is 13.2 Å². The molecule has 1 heterocycles. The van der Waals surface area contributed by atoms with Crippen molar-refractivity contribution in [1.29, 1.82) is 0 Å². The third-order valence-corrected chi connectivity index (χ3v) is 9.78. The van der Waals surface area contributed by atoms with Gasteiger partial charge in [-0.25, -0.2) is 0 Å². The molecule has 1 fully saturated rings. The van der Waals surface area contributed by atoms with Gasteiger partial charge in [-0.1, -0.05) is 194 Å². The van der Waals surface area contributed by atoms with Crippen LogP contribution < -0.4 is 0 Å². The molecule has 0 radical (unpaired) electrons. The highest BCUT2D eigenvalue weighted by molar-refractivity contribution is 5.47. The van der Waals surface area contributed by atoms with E-state index in [4.69, 9.17) is 14.2 Å². The van der Waals surface area contributed by atoms with Gasteiger partial charge in [0.2, 0.25) is 0 Å². The fourth-order valence-corrected chi connectivity index (χ4v) is 7.04. The van der Waals surface area contributed by atoms with Gasteiger partial charge in [0.1, 0.15) is 11.2 Å². The highest BCUT2D eigenvalue weighted by Crippen LogP contribution is 2.42. The van der Waals surface area contributed by atoms with Gasteiger partial charge in [-0.15, -0.1) is 0 Å². The minimum Gasteiger partial charge on any atom is -0.378 e. The zero-order valence-electron chi connectivity index (χ0n) is 28.9. The van der Waals surface area contributed by atoms with Gasteiger partial charge >= 0.3 is 0 Å². The first kappa shape index (κ1) is 36.4. The molecule has 1 aliphatic heterocycles. The molecule has 3 heteroatoms. The van der Waals surface area contributed by atoms with Crippen molar-refractivity contribution in [3.63, 3.8) is 0 Å². The van der Waals surface area contributed by atoms with Gasteiger partial charge in [-0.05, 0) is 36.0 Å². The number of hydrogen-bond donors (Lipinski definition) is 0. The molecule has 252 valence electrons. The van der Waals surface area contributed by atoms with E-state index in [0.29, 0.717) is 13.2 Å². The molecule has 0 aliphatic carbocycles. The van der Waals surface area contributed by atoms with E-state index in [9.17, 15) is 0 Å². The summed E-state index contributed by atoms with van der Waals surface area (Å²) in [5.41, 5.74) is 2.20. The molecule has 4 rings (SSSR count). The lowest BCUT2D eigenvalue weighted by Gasteiger charge is -2.39. The summed E-state index contributed by atoms with van der Waals surface area (Å²) < 4.78 is 19.9. The van der Waals surface area contributed by atoms with Crippen molar-refractivity contribution in [2.24, 2.45) is 0 Å². The predicted octanol–water partition coefficient (Wildman–Crippen LogP) is 11.8. The highest BCUT2D eigenvalue weighted by Gasteiger charge is 2.43. The molecule has 0 spiro atoms. The van der Waals surface area contributed by atoms with Crippen molar-refractivity contribution in [2.75, 3.05) is 26.4 Å². The number of rotatable bonds is 25. The molecule has 1 aliphatic rings. The summed E-state index contributed by atoms with van der Waals surface area (Å²) in [6.07, 6.45) is 24.1. The first-order valence-corrected chi connectivity index (χ1v) is 18.8. The van der Waals surface area contributed by atoms with Gasteiger partial charge in [0.25, 0.3) is 0 Å². The quantitative estimate of drug-likeness (QED) is 0.0692. The van der Waals surface area contributed by atoms with Crippen LogP contribution in [0.3, 0.4) is 0 Å². The van der Waals surface area contributed by atoms with E-state index >= 15 is 0 Å². The molecule has 1 atom stereocenters. The largest absolute Gasteiger partial charge is 0.378 e. The van der Waals surface area contributed by atoms with E-state index < -0.39 is 11.2 Å². The Hall–Kier alpha value is -2.46. The van der Waals surface area contributed by atoms with E-state index in [2.05, 4.69) is 97.9 Å². The zero-order valence-corrected chi connectivity index (χ0v) is 28.9. The summed E-state index contributed by atoms with van der Waals surface area (Å²) in [4.78, 5) is 0. The topological polar surface area (TPSA) is 27.7 Å². The number of unbranched alkanes of at least 4 members (excludes halogenated alkanes) is 15. The molecule has 3 nitrogen and oxygen atoms in total. The molecule has 3 aromatic rings. The lowest BCUT2D eigenvalue weighted by atomic mass is 9.80. The lowest BCUT2D eigenvalue weighted by molar-refractivity contribution is -0.133. The SMILES string of the molecule is CCCCCCCCCCCCCCCCCCOCC1(COC(c2ccccc2)(c2ccccc2)c2ccccc2)CCCO1. The molecule has 0 bridgehead atoms. The smallest absolute Gasteiger partial charge is 0.143 e. The minimum absolute atomic E-state index is 0.418. The second-order valence-electron chi connectivity index (χ2n) is 13.6. The second-order valence-corrected chi connectivity index (χ2v) is 13.6. The van der Waals surface area contributed by atoms with Crippen molar-refractivity contribution in [1.82, 2.24) is 0 Å². The first-order chi connectivity index (χ1) is 22.8. The summed E-state index contributed by atoms with van der Waals surface area (Å²) >= 11 is 0. The van der Waals surface area contributed by atoms with Crippen LogP contribution >= 0.6 is 0 Å². The fraction of sp³-hybridized carbons (Fsp3) is 0.581. The summed E-state index contributed by atoms with van der Waals surface area (Å²) in [5, 5.41) is 0. The predicted molar refractivity (Wildman–Crippen MR) is 193 cm³/mol. The van der Waals surface area contributed by atoms with Gasteiger partial charge in [0, 0.05) is 13.2 Å². The van der Waals surface area contributed by atoms with Crippen molar-refractivity contribution in [3.05, 3.63) is 108 Å². The van der Waals surface area contributed by atoms with Crippen LogP contribution in [0.25, 0.3) is 0 Å². The number of hydrogen-bond acceptors (Lipinski definition) is 3. The second kappa shape index (κ2) is 21.4. The molecule has 0 saturated carbocycles. The van der Waals surface area contributed by atoms with Crippen LogP contribution in [0.2, 0.25) is 0 Å². The van der Waals surface area contributed by atoms with E-state index in [-0.39, 0.29) is 0 Å². The molecular formula is C43H62O3. The third-order valence-electron chi connectivity index (χ3n) is 9.78. The summed E-state index contributed by atoms with van der Waals surface area (Å²) in [7, 11) is 0. The Kier molecular flexibility index (Phi) is 16.9. The Labute approximate surface area is 281 Å². The van der Waals surface area contributed by atoms with Crippen LogP contribution in [0.5, 0.6) is 0 Å². The Morgan fingerprint density at radius 3 is 1.35 bits per heavy atom. The standard InChI is InChI=1S/C43H62O3/c1-2-3-4-5-6-7-8-9-10-11-12-13-14-15-16-26-35-44-37-42(34-27-36-45-42)38-46-43(39-28-20-17-21-29-39,40-30-22-18-23-31-40)41-32-24-19-25-33-41/h17-25,28-33H,2-16,26-27,34-38H2,1H3. The zero-order chi connectivity index (χ0) is 32.0. The lowest BCUT2D eigenvalue weighted by Crippen LogP contribution is -2.44. The Bertz CT molecular complexity index is 1040. The van der Waals surface area contributed by atoms with Crippen LogP contribution in [0.1, 0.15) is 139 Å². The van der Waals surface area contributed by atoms with Crippen LogP contribution in [0.15, 0.2) is 91.0 Å². The first-order valence-electron chi connectivity index (χ1n) is 18.8. The van der Waals surface area contributed by atoms with Crippen molar-refractivity contribution in [3.8, 4) is 0 Å². The summed E-state index contributed by atoms with van der Waals surface area (Å²) in [6.45, 7) is 4.92. The van der Waals surface area contributed by atoms with Crippen LogP contribution in [-0.4, -0.2) is 32.0 Å². The van der Waals surface area contributed by atoms with E-state index in [1.54, 1.807) is 0 Å². The van der Waals surface area contributed by atoms with Crippen LogP contribution in [0.4, 0.5) is 0 Å². The average molecular weight is 627 g/mol. The monoisotopic (exact) mass is 626 g/mol. The molecule has 46 heavy (non-hydrogen) atoms. The van der Waals surface area contributed by atoms with E-state index in [0.717, 1.165) is 49.2 Å². The average Bonchev–Trinajstić information content (AvgIpc) is 3.58. The summed E-state index contributed by atoms with van der Waals surface area (Å²) in [6, 6.07) is 31.9.